The second-order valence-corrected chi connectivity index (χ2v) is 6.81. The number of hydrogen-bond donors (Lipinski definition) is 2. The van der Waals surface area contributed by atoms with E-state index in [2.05, 4.69) is 12.2 Å². The van der Waals surface area contributed by atoms with Crippen molar-refractivity contribution >= 4 is 5.91 Å². The van der Waals surface area contributed by atoms with Crippen molar-refractivity contribution in [3.8, 4) is 0 Å². The Balaban J connectivity index is 1.76. The summed E-state index contributed by atoms with van der Waals surface area (Å²) in [6, 6.07) is 0. The lowest BCUT2D eigenvalue weighted by Crippen LogP contribution is -2.44. The molecule has 0 atom stereocenters. The summed E-state index contributed by atoms with van der Waals surface area (Å²) >= 11 is 0. The summed E-state index contributed by atoms with van der Waals surface area (Å²) in [7, 11) is 0. The molecule has 0 radical (unpaired) electrons. The van der Waals surface area contributed by atoms with Crippen LogP contribution in [0.15, 0.2) is 0 Å². The molecule has 2 rings (SSSR count). The minimum absolute atomic E-state index is 0.171. The van der Waals surface area contributed by atoms with E-state index in [-0.39, 0.29) is 11.8 Å². The molecule has 0 heterocycles. The van der Waals surface area contributed by atoms with E-state index in [9.17, 15) is 9.90 Å². The molecule has 19 heavy (non-hydrogen) atoms. The maximum atomic E-state index is 12.2. The Bertz CT molecular complexity index is 287. The lowest BCUT2D eigenvalue weighted by molar-refractivity contribution is -0.127. The van der Waals surface area contributed by atoms with Crippen molar-refractivity contribution in [3.05, 3.63) is 0 Å². The van der Waals surface area contributed by atoms with Gasteiger partial charge in [0.1, 0.15) is 0 Å². The molecule has 0 unspecified atom stereocenters. The lowest BCUT2D eigenvalue weighted by atomic mass is 9.82. The van der Waals surface area contributed by atoms with Gasteiger partial charge in [-0.3, -0.25) is 4.79 Å². The molecule has 2 aliphatic carbocycles. The average Bonchev–Trinajstić information content (AvgIpc) is 2.62. The maximum absolute atomic E-state index is 12.2. The quantitative estimate of drug-likeness (QED) is 0.772. The number of amides is 1. The van der Waals surface area contributed by atoms with Crippen LogP contribution in [0.4, 0.5) is 0 Å². The molecule has 0 aliphatic heterocycles. The van der Waals surface area contributed by atoms with Crippen LogP contribution in [0.5, 0.6) is 0 Å². The predicted octanol–water partition coefficient (Wildman–Crippen LogP) is 3.01. The van der Waals surface area contributed by atoms with Gasteiger partial charge in [0, 0.05) is 12.5 Å². The van der Waals surface area contributed by atoms with Crippen molar-refractivity contribution in [2.75, 3.05) is 6.54 Å². The second kappa shape index (κ2) is 6.74. The minimum atomic E-state index is -0.645. The van der Waals surface area contributed by atoms with E-state index in [1.165, 1.54) is 25.7 Å². The van der Waals surface area contributed by atoms with Crippen LogP contribution in [0, 0.1) is 11.8 Å². The molecular formula is C16H29NO2. The molecule has 3 heteroatoms. The second-order valence-electron chi connectivity index (χ2n) is 6.81. The van der Waals surface area contributed by atoms with Crippen LogP contribution in [0.25, 0.3) is 0 Å². The van der Waals surface area contributed by atoms with E-state index < -0.39 is 5.60 Å². The molecule has 0 bridgehead atoms. The summed E-state index contributed by atoms with van der Waals surface area (Å²) in [6.07, 6.45) is 10.7. The monoisotopic (exact) mass is 267 g/mol. The fraction of sp³-hybridized carbons (Fsp3) is 0.938. The van der Waals surface area contributed by atoms with E-state index in [4.69, 9.17) is 0 Å². The smallest absolute Gasteiger partial charge is 0.223 e. The van der Waals surface area contributed by atoms with Gasteiger partial charge in [-0.05, 0) is 44.4 Å². The summed E-state index contributed by atoms with van der Waals surface area (Å²) in [6.45, 7) is 2.72. The van der Waals surface area contributed by atoms with Crippen molar-refractivity contribution in [2.45, 2.75) is 76.7 Å². The van der Waals surface area contributed by atoms with Crippen LogP contribution in [0.2, 0.25) is 0 Å². The van der Waals surface area contributed by atoms with Gasteiger partial charge in [0.15, 0.2) is 0 Å². The Morgan fingerprint density at radius 1 is 1.11 bits per heavy atom. The third-order valence-electron chi connectivity index (χ3n) is 5.01. The molecule has 0 spiro atoms. The maximum Gasteiger partial charge on any atom is 0.223 e. The Kier molecular flexibility index (Phi) is 5.26. The van der Waals surface area contributed by atoms with Gasteiger partial charge < -0.3 is 10.4 Å². The highest BCUT2D eigenvalue weighted by Crippen LogP contribution is 2.29. The molecule has 110 valence electrons. The van der Waals surface area contributed by atoms with Gasteiger partial charge >= 0.3 is 0 Å². The van der Waals surface area contributed by atoms with E-state index in [0.717, 1.165) is 44.4 Å². The first-order valence-electron chi connectivity index (χ1n) is 8.09. The molecule has 2 saturated carbocycles. The molecule has 3 nitrogen and oxygen atoms in total. The van der Waals surface area contributed by atoms with Crippen molar-refractivity contribution in [1.82, 2.24) is 5.32 Å². The number of carbonyl (C=O) groups is 1. The number of carbonyl (C=O) groups excluding carboxylic acids is 1. The molecule has 0 aromatic carbocycles. The van der Waals surface area contributed by atoms with Crippen molar-refractivity contribution in [2.24, 2.45) is 11.8 Å². The van der Waals surface area contributed by atoms with Gasteiger partial charge in [0.2, 0.25) is 5.91 Å². The number of aliphatic hydroxyl groups is 1. The molecule has 2 N–H and O–H groups in total. The molecule has 0 aromatic heterocycles. The lowest BCUT2D eigenvalue weighted by Gasteiger charge is -2.29. The van der Waals surface area contributed by atoms with Gasteiger partial charge in [-0.1, -0.05) is 32.6 Å². The predicted molar refractivity (Wildman–Crippen MR) is 76.8 cm³/mol. The van der Waals surface area contributed by atoms with Crippen LogP contribution in [-0.4, -0.2) is 23.2 Å². The summed E-state index contributed by atoms with van der Waals surface area (Å²) in [5.74, 6) is 1.13. The SMILES string of the molecule is CC1CCC(C(=O)NCC2(O)CCCCCC2)CC1. The van der Waals surface area contributed by atoms with Crippen molar-refractivity contribution < 1.29 is 9.90 Å². The highest BCUT2D eigenvalue weighted by molar-refractivity contribution is 5.78. The fourth-order valence-electron chi connectivity index (χ4n) is 3.48. The third-order valence-corrected chi connectivity index (χ3v) is 5.01. The van der Waals surface area contributed by atoms with Crippen LogP contribution in [0.3, 0.4) is 0 Å². The zero-order valence-corrected chi connectivity index (χ0v) is 12.3. The summed E-state index contributed by atoms with van der Waals surface area (Å²) in [4.78, 5) is 12.2. The molecule has 0 saturated heterocycles. The molecular weight excluding hydrogens is 238 g/mol. The zero-order valence-electron chi connectivity index (χ0n) is 12.3. The van der Waals surface area contributed by atoms with E-state index in [0.29, 0.717) is 6.54 Å². The Morgan fingerprint density at radius 2 is 1.68 bits per heavy atom. The number of hydrogen-bond acceptors (Lipinski definition) is 2. The van der Waals surface area contributed by atoms with E-state index >= 15 is 0 Å². The highest BCUT2D eigenvalue weighted by atomic mass is 16.3. The highest BCUT2D eigenvalue weighted by Gasteiger charge is 2.30. The largest absolute Gasteiger partial charge is 0.388 e. The van der Waals surface area contributed by atoms with Gasteiger partial charge in [-0.15, -0.1) is 0 Å². The fourth-order valence-corrected chi connectivity index (χ4v) is 3.48. The number of rotatable bonds is 3. The van der Waals surface area contributed by atoms with Crippen LogP contribution >= 0.6 is 0 Å². The van der Waals surface area contributed by atoms with Crippen LogP contribution < -0.4 is 5.32 Å². The van der Waals surface area contributed by atoms with Gasteiger partial charge in [-0.2, -0.15) is 0 Å². The average molecular weight is 267 g/mol. The summed E-state index contributed by atoms with van der Waals surface area (Å²) < 4.78 is 0. The molecule has 0 aromatic rings. The molecule has 2 aliphatic rings. The molecule has 2 fully saturated rings. The summed E-state index contributed by atoms with van der Waals surface area (Å²) in [5, 5.41) is 13.5. The Morgan fingerprint density at radius 3 is 2.26 bits per heavy atom. The Labute approximate surface area is 117 Å². The zero-order chi connectivity index (χ0) is 13.7. The normalized spacial score (nSPS) is 31.5. The van der Waals surface area contributed by atoms with E-state index in [1.54, 1.807) is 0 Å². The Hall–Kier alpha value is -0.570. The van der Waals surface area contributed by atoms with Crippen LogP contribution in [0.1, 0.15) is 71.1 Å². The first-order valence-corrected chi connectivity index (χ1v) is 8.09. The third kappa shape index (κ3) is 4.48. The van der Waals surface area contributed by atoms with Crippen molar-refractivity contribution in [3.63, 3.8) is 0 Å². The van der Waals surface area contributed by atoms with Gasteiger partial charge in [0.05, 0.1) is 5.60 Å². The van der Waals surface area contributed by atoms with Crippen molar-refractivity contribution in [1.29, 1.82) is 0 Å². The standard InChI is InChI=1S/C16H29NO2/c1-13-6-8-14(9-7-13)15(18)17-12-16(19)10-4-2-3-5-11-16/h13-14,19H,2-12H2,1H3,(H,17,18). The summed E-state index contributed by atoms with van der Waals surface area (Å²) in [5.41, 5.74) is -0.645. The number of nitrogens with one attached hydrogen (secondary N) is 1. The molecule has 1 amide bonds. The first-order chi connectivity index (χ1) is 9.09. The first kappa shape index (κ1) is 14.8. The van der Waals surface area contributed by atoms with Crippen LogP contribution in [-0.2, 0) is 4.79 Å². The van der Waals surface area contributed by atoms with Gasteiger partial charge in [0.25, 0.3) is 0 Å². The van der Waals surface area contributed by atoms with E-state index in [1.807, 2.05) is 0 Å². The minimum Gasteiger partial charge on any atom is -0.388 e. The van der Waals surface area contributed by atoms with Gasteiger partial charge in [-0.25, -0.2) is 0 Å². The topological polar surface area (TPSA) is 49.3 Å².